The van der Waals surface area contributed by atoms with Gasteiger partial charge >= 0.3 is 6.18 Å². The molecule has 196 valence electrons. The number of carbonyl (C=O) groups excluding carboxylic acids is 1. The number of nitrogens with zero attached hydrogens (tertiary/aromatic N) is 4. The fraction of sp³-hybridized carbons (Fsp3) is 0.250. The number of piperazine rings is 1. The maximum absolute atomic E-state index is 12.8. The van der Waals surface area contributed by atoms with Crippen LogP contribution in [0.4, 0.5) is 13.2 Å². The Hall–Kier alpha value is -4.18. The average Bonchev–Trinajstić information content (AvgIpc) is 3.43. The zero-order valence-electron chi connectivity index (χ0n) is 20.6. The van der Waals surface area contributed by atoms with Gasteiger partial charge in [-0.05, 0) is 54.6 Å². The van der Waals surface area contributed by atoms with Crippen LogP contribution in [0.3, 0.4) is 0 Å². The van der Waals surface area contributed by atoms with E-state index in [1.54, 1.807) is 48.5 Å². The first-order valence-corrected chi connectivity index (χ1v) is 12.1. The number of amides is 1. The van der Waals surface area contributed by atoms with Crippen LogP contribution in [0, 0.1) is 0 Å². The summed E-state index contributed by atoms with van der Waals surface area (Å²) >= 11 is 0. The summed E-state index contributed by atoms with van der Waals surface area (Å²) in [5.74, 6) is 1.24. The van der Waals surface area contributed by atoms with Crippen LogP contribution in [-0.4, -0.2) is 65.7 Å². The van der Waals surface area contributed by atoms with Gasteiger partial charge in [-0.2, -0.15) is 18.2 Å². The standard InChI is InChI=1S/C28H25F3N4O3/c1-34-14-16-35(17-15-34)25(36)18-37-24-12-8-22(9-13-24)27-32-26(33-38-27)21-4-2-19(3-5-21)20-6-10-23(11-7-20)28(29,30)31/h2-13H,14-18H2,1H3. The topological polar surface area (TPSA) is 71.7 Å². The van der Waals surface area contributed by atoms with Gasteiger partial charge in [0.05, 0.1) is 5.56 Å². The van der Waals surface area contributed by atoms with Gasteiger partial charge in [0, 0.05) is 37.3 Å². The number of carbonyl (C=O) groups is 1. The summed E-state index contributed by atoms with van der Waals surface area (Å²) < 4.78 is 49.5. The van der Waals surface area contributed by atoms with Gasteiger partial charge in [-0.25, -0.2) is 0 Å². The number of aromatic nitrogens is 2. The van der Waals surface area contributed by atoms with Crippen LogP contribution in [0.5, 0.6) is 5.75 Å². The highest BCUT2D eigenvalue weighted by molar-refractivity contribution is 5.78. The number of hydrogen-bond donors (Lipinski definition) is 0. The molecule has 0 aliphatic carbocycles. The van der Waals surface area contributed by atoms with Crippen LogP contribution >= 0.6 is 0 Å². The monoisotopic (exact) mass is 522 g/mol. The third kappa shape index (κ3) is 5.86. The molecule has 3 aromatic carbocycles. The highest BCUT2D eigenvalue weighted by atomic mass is 19.4. The SMILES string of the molecule is CN1CCN(C(=O)COc2ccc(-c3nc(-c4ccc(-c5ccc(C(F)(F)F)cc5)cc4)no3)cc2)CC1. The fourth-order valence-corrected chi connectivity index (χ4v) is 4.11. The number of benzene rings is 3. The van der Waals surface area contributed by atoms with Crippen molar-refractivity contribution in [2.24, 2.45) is 0 Å². The van der Waals surface area contributed by atoms with Gasteiger partial charge in [0.25, 0.3) is 11.8 Å². The molecule has 0 bridgehead atoms. The average molecular weight is 523 g/mol. The third-order valence-corrected chi connectivity index (χ3v) is 6.43. The Kier molecular flexibility index (Phi) is 7.15. The van der Waals surface area contributed by atoms with E-state index in [4.69, 9.17) is 9.26 Å². The summed E-state index contributed by atoms with van der Waals surface area (Å²) in [6.45, 7) is 3.10. The second-order valence-electron chi connectivity index (χ2n) is 9.07. The van der Waals surface area contributed by atoms with Crippen LogP contribution in [0.25, 0.3) is 34.0 Å². The minimum absolute atomic E-state index is 0.0176. The molecule has 10 heteroatoms. The van der Waals surface area contributed by atoms with E-state index in [1.807, 2.05) is 11.9 Å². The molecule has 0 unspecified atom stereocenters. The van der Waals surface area contributed by atoms with E-state index in [9.17, 15) is 18.0 Å². The molecule has 1 fully saturated rings. The minimum Gasteiger partial charge on any atom is -0.484 e. The third-order valence-electron chi connectivity index (χ3n) is 6.43. The normalized spacial score (nSPS) is 14.5. The Bertz CT molecular complexity index is 1380. The van der Waals surface area contributed by atoms with Crippen molar-refractivity contribution < 1.29 is 27.2 Å². The number of rotatable bonds is 6. The molecule has 5 rings (SSSR count). The lowest BCUT2D eigenvalue weighted by Crippen LogP contribution is -2.48. The van der Waals surface area contributed by atoms with E-state index in [1.165, 1.54) is 12.1 Å². The Morgan fingerprint density at radius 2 is 1.39 bits per heavy atom. The highest BCUT2D eigenvalue weighted by Gasteiger charge is 2.30. The van der Waals surface area contributed by atoms with E-state index in [0.717, 1.165) is 30.8 Å². The number of likely N-dealkylation sites (N-methyl/N-ethyl adjacent to an activating group) is 1. The molecule has 1 aromatic heterocycles. The molecule has 1 saturated heterocycles. The molecule has 0 N–H and O–H groups in total. The Labute approximate surface area is 217 Å². The summed E-state index contributed by atoms with van der Waals surface area (Å²) in [5.41, 5.74) is 2.16. The predicted octanol–water partition coefficient (Wildman–Crippen LogP) is 5.24. The molecular formula is C28H25F3N4O3. The quantitative estimate of drug-likeness (QED) is 0.345. The smallest absolute Gasteiger partial charge is 0.416 e. The molecule has 1 aliphatic heterocycles. The van der Waals surface area contributed by atoms with Crippen molar-refractivity contribution in [1.29, 1.82) is 0 Å². The molecule has 1 amide bonds. The lowest BCUT2D eigenvalue weighted by Gasteiger charge is -2.32. The Morgan fingerprint density at radius 3 is 2.00 bits per heavy atom. The van der Waals surface area contributed by atoms with Crippen molar-refractivity contribution in [2.45, 2.75) is 6.18 Å². The van der Waals surface area contributed by atoms with Crippen molar-refractivity contribution in [3.05, 3.63) is 78.4 Å². The van der Waals surface area contributed by atoms with Crippen LogP contribution in [0.15, 0.2) is 77.3 Å². The summed E-state index contributed by atoms with van der Waals surface area (Å²) in [5, 5.41) is 4.05. The maximum Gasteiger partial charge on any atom is 0.416 e. The van der Waals surface area contributed by atoms with Gasteiger partial charge in [0.2, 0.25) is 5.82 Å². The second-order valence-corrected chi connectivity index (χ2v) is 9.07. The summed E-state index contributed by atoms with van der Waals surface area (Å²) in [6, 6.07) is 19.2. The zero-order valence-corrected chi connectivity index (χ0v) is 20.6. The highest BCUT2D eigenvalue weighted by Crippen LogP contribution is 2.32. The largest absolute Gasteiger partial charge is 0.484 e. The lowest BCUT2D eigenvalue weighted by atomic mass is 10.0. The van der Waals surface area contributed by atoms with Gasteiger partial charge in [0.1, 0.15) is 5.75 Å². The van der Waals surface area contributed by atoms with Crippen LogP contribution < -0.4 is 4.74 Å². The minimum atomic E-state index is -4.37. The molecule has 1 aliphatic rings. The molecule has 4 aromatic rings. The molecule has 0 saturated carbocycles. The number of ether oxygens (including phenoxy) is 1. The van der Waals surface area contributed by atoms with Crippen LogP contribution in [0.1, 0.15) is 5.56 Å². The molecular weight excluding hydrogens is 497 g/mol. The van der Waals surface area contributed by atoms with Gasteiger partial charge in [-0.1, -0.05) is 41.6 Å². The van der Waals surface area contributed by atoms with Crippen LogP contribution in [0.2, 0.25) is 0 Å². The lowest BCUT2D eigenvalue weighted by molar-refractivity contribution is -0.137. The van der Waals surface area contributed by atoms with Crippen molar-refractivity contribution in [2.75, 3.05) is 39.8 Å². The van der Waals surface area contributed by atoms with Crippen molar-refractivity contribution in [1.82, 2.24) is 19.9 Å². The van der Waals surface area contributed by atoms with E-state index in [2.05, 4.69) is 15.0 Å². The second kappa shape index (κ2) is 10.7. The van der Waals surface area contributed by atoms with E-state index in [-0.39, 0.29) is 12.5 Å². The van der Waals surface area contributed by atoms with Crippen LogP contribution in [-0.2, 0) is 11.0 Å². The van der Waals surface area contributed by atoms with E-state index >= 15 is 0 Å². The fourth-order valence-electron chi connectivity index (χ4n) is 4.11. The maximum atomic E-state index is 12.8. The first kappa shape index (κ1) is 25.5. The Morgan fingerprint density at radius 1 is 0.842 bits per heavy atom. The number of hydrogen-bond acceptors (Lipinski definition) is 6. The van der Waals surface area contributed by atoms with E-state index < -0.39 is 11.7 Å². The summed E-state index contributed by atoms with van der Waals surface area (Å²) in [4.78, 5) is 20.8. The van der Waals surface area contributed by atoms with Crippen molar-refractivity contribution in [3.8, 4) is 39.7 Å². The molecule has 38 heavy (non-hydrogen) atoms. The van der Waals surface area contributed by atoms with Gasteiger partial charge in [0.15, 0.2) is 6.61 Å². The molecule has 0 atom stereocenters. The molecule has 2 heterocycles. The van der Waals surface area contributed by atoms with Gasteiger partial charge in [-0.15, -0.1) is 0 Å². The zero-order chi connectivity index (χ0) is 26.7. The Balaban J connectivity index is 1.20. The molecule has 7 nitrogen and oxygen atoms in total. The first-order valence-electron chi connectivity index (χ1n) is 12.1. The first-order chi connectivity index (χ1) is 18.3. The molecule has 0 spiro atoms. The van der Waals surface area contributed by atoms with Gasteiger partial charge in [-0.3, -0.25) is 4.79 Å². The van der Waals surface area contributed by atoms with E-state index in [0.29, 0.717) is 47.2 Å². The number of alkyl halides is 3. The van der Waals surface area contributed by atoms with Crippen molar-refractivity contribution >= 4 is 5.91 Å². The predicted molar refractivity (Wildman–Crippen MR) is 135 cm³/mol. The summed E-state index contributed by atoms with van der Waals surface area (Å²) in [7, 11) is 2.04. The van der Waals surface area contributed by atoms with Gasteiger partial charge < -0.3 is 19.1 Å². The van der Waals surface area contributed by atoms with Crippen molar-refractivity contribution in [3.63, 3.8) is 0 Å². The molecule has 0 radical (unpaired) electrons. The number of halogens is 3. The summed E-state index contributed by atoms with van der Waals surface area (Å²) in [6.07, 6.45) is -4.37.